The summed E-state index contributed by atoms with van der Waals surface area (Å²) in [6, 6.07) is 7.38. The second kappa shape index (κ2) is 5.36. The van der Waals surface area contributed by atoms with Gasteiger partial charge < -0.3 is 15.2 Å². The summed E-state index contributed by atoms with van der Waals surface area (Å²) in [4.78, 5) is 29.0. The van der Waals surface area contributed by atoms with Gasteiger partial charge in [0.2, 0.25) is 5.91 Å². The summed E-state index contributed by atoms with van der Waals surface area (Å²) in [5, 5.41) is 3.59. The van der Waals surface area contributed by atoms with E-state index < -0.39 is 0 Å². The predicted octanol–water partition coefficient (Wildman–Crippen LogP) is 1.52. The molecule has 0 atom stereocenters. The molecule has 104 valence electrons. The molecule has 1 aromatic heterocycles. The number of aromatic amines is 1. The van der Waals surface area contributed by atoms with Crippen LogP contribution in [0.2, 0.25) is 0 Å². The number of H-pyrrole nitrogens is 1. The van der Waals surface area contributed by atoms with E-state index in [2.05, 4.69) is 10.3 Å². The van der Waals surface area contributed by atoms with Crippen molar-refractivity contribution < 1.29 is 9.59 Å². The molecule has 0 spiro atoms. The highest BCUT2D eigenvalue weighted by Crippen LogP contribution is 2.17. The number of fused-ring (bicyclic) bond motifs is 1. The number of hydrogen-bond donors (Lipinski definition) is 2. The Morgan fingerprint density at radius 3 is 2.80 bits per heavy atom. The standard InChI is InChI=1S/C15H17N3O2/c19-14(18-8-1-2-9-18)10-17-15(20)12-4-3-5-13-11(12)6-7-16-13/h3-7,16H,1-2,8-10H2,(H,17,20). The average molecular weight is 271 g/mol. The molecule has 1 saturated heterocycles. The van der Waals surface area contributed by atoms with Gasteiger partial charge in [-0.05, 0) is 31.0 Å². The minimum atomic E-state index is -0.206. The lowest BCUT2D eigenvalue weighted by atomic mass is 10.1. The maximum absolute atomic E-state index is 12.2. The molecule has 1 aliphatic heterocycles. The quantitative estimate of drug-likeness (QED) is 0.889. The van der Waals surface area contributed by atoms with Gasteiger partial charge in [-0.15, -0.1) is 0 Å². The number of nitrogens with one attached hydrogen (secondary N) is 2. The number of likely N-dealkylation sites (tertiary alicyclic amines) is 1. The van der Waals surface area contributed by atoms with E-state index in [1.54, 1.807) is 17.2 Å². The summed E-state index contributed by atoms with van der Waals surface area (Å²) in [6.45, 7) is 1.68. The maximum Gasteiger partial charge on any atom is 0.252 e. The van der Waals surface area contributed by atoms with Crippen LogP contribution in [0.25, 0.3) is 10.9 Å². The molecule has 2 N–H and O–H groups in total. The van der Waals surface area contributed by atoms with Crippen LogP contribution < -0.4 is 5.32 Å². The maximum atomic E-state index is 12.2. The molecule has 3 rings (SSSR count). The smallest absolute Gasteiger partial charge is 0.252 e. The van der Waals surface area contributed by atoms with E-state index in [1.165, 1.54) is 0 Å². The number of hydrogen-bond acceptors (Lipinski definition) is 2. The van der Waals surface area contributed by atoms with E-state index in [9.17, 15) is 9.59 Å². The largest absolute Gasteiger partial charge is 0.361 e. The third-order valence-electron chi connectivity index (χ3n) is 3.70. The SMILES string of the molecule is O=C(NCC(=O)N1CCCC1)c1cccc2[nH]ccc12. The van der Waals surface area contributed by atoms with Crippen molar-refractivity contribution in [3.8, 4) is 0 Å². The molecular formula is C15H17N3O2. The van der Waals surface area contributed by atoms with E-state index in [1.807, 2.05) is 18.2 Å². The van der Waals surface area contributed by atoms with E-state index in [-0.39, 0.29) is 18.4 Å². The van der Waals surface area contributed by atoms with Crippen molar-refractivity contribution in [2.24, 2.45) is 0 Å². The summed E-state index contributed by atoms with van der Waals surface area (Å²) in [5.41, 5.74) is 1.52. The van der Waals surface area contributed by atoms with Gasteiger partial charge in [-0.25, -0.2) is 0 Å². The Morgan fingerprint density at radius 2 is 2.00 bits per heavy atom. The molecule has 5 heteroatoms. The summed E-state index contributed by atoms with van der Waals surface area (Å²) < 4.78 is 0. The zero-order valence-electron chi connectivity index (χ0n) is 11.2. The van der Waals surface area contributed by atoms with Crippen LogP contribution in [0.1, 0.15) is 23.2 Å². The molecule has 0 radical (unpaired) electrons. The molecule has 2 heterocycles. The van der Waals surface area contributed by atoms with Gasteiger partial charge in [0.25, 0.3) is 5.91 Å². The van der Waals surface area contributed by atoms with Crippen molar-refractivity contribution in [3.63, 3.8) is 0 Å². The number of rotatable bonds is 3. The molecule has 1 fully saturated rings. The van der Waals surface area contributed by atoms with E-state index >= 15 is 0 Å². The van der Waals surface area contributed by atoms with Crippen LogP contribution in [-0.4, -0.2) is 41.3 Å². The fraction of sp³-hybridized carbons (Fsp3) is 0.333. The molecule has 0 unspecified atom stereocenters. The van der Waals surface area contributed by atoms with Gasteiger partial charge in [0.15, 0.2) is 0 Å². The van der Waals surface area contributed by atoms with Crippen LogP contribution in [0.15, 0.2) is 30.5 Å². The lowest BCUT2D eigenvalue weighted by Gasteiger charge is -2.15. The fourth-order valence-electron chi connectivity index (χ4n) is 2.61. The number of carbonyl (C=O) groups is 2. The van der Waals surface area contributed by atoms with Gasteiger partial charge in [0.05, 0.1) is 6.54 Å². The molecule has 1 aromatic carbocycles. The number of aromatic nitrogens is 1. The van der Waals surface area contributed by atoms with Crippen LogP contribution in [0, 0.1) is 0 Å². The number of benzene rings is 1. The van der Waals surface area contributed by atoms with E-state index in [0.717, 1.165) is 36.8 Å². The first-order chi connectivity index (χ1) is 9.75. The van der Waals surface area contributed by atoms with Crippen LogP contribution in [0.4, 0.5) is 0 Å². The van der Waals surface area contributed by atoms with Crippen LogP contribution >= 0.6 is 0 Å². The molecule has 5 nitrogen and oxygen atoms in total. The van der Waals surface area contributed by atoms with Crippen molar-refractivity contribution in [1.82, 2.24) is 15.2 Å². The molecule has 1 aliphatic rings. The highest BCUT2D eigenvalue weighted by molar-refractivity contribution is 6.07. The van der Waals surface area contributed by atoms with Crippen molar-refractivity contribution >= 4 is 22.7 Å². The molecule has 20 heavy (non-hydrogen) atoms. The second-order valence-corrected chi connectivity index (χ2v) is 5.02. The van der Waals surface area contributed by atoms with Crippen LogP contribution in [0.3, 0.4) is 0 Å². The molecule has 0 saturated carbocycles. The predicted molar refractivity (Wildman–Crippen MR) is 76.4 cm³/mol. The summed E-state index contributed by atoms with van der Waals surface area (Å²) in [5.74, 6) is -0.208. The number of carbonyl (C=O) groups excluding carboxylic acids is 2. The van der Waals surface area contributed by atoms with Gasteiger partial charge in [-0.3, -0.25) is 9.59 Å². The first-order valence-corrected chi connectivity index (χ1v) is 6.88. The molecule has 0 bridgehead atoms. The lowest BCUT2D eigenvalue weighted by molar-refractivity contribution is -0.129. The minimum Gasteiger partial charge on any atom is -0.361 e. The third kappa shape index (κ3) is 2.39. The van der Waals surface area contributed by atoms with E-state index in [0.29, 0.717) is 5.56 Å². The highest BCUT2D eigenvalue weighted by Gasteiger charge is 2.19. The number of amides is 2. The van der Waals surface area contributed by atoms with Crippen molar-refractivity contribution in [1.29, 1.82) is 0 Å². The van der Waals surface area contributed by atoms with Crippen LogP contribution in [-0.2, 0) is 4.79 Å². The highest BCUT2D eigenvalue weighted by atomic mass is 16.2. The Hall–Kier alpha value is -2.30. The second-order valence-electron chi connectivity index (χ2n) is 5.02. The zero-order valence-corrected chi connectivity index (χ0v) is 11.2. The molecule has 2 amide bonds. The van der Waals surface area contributed by atoms with Crippen molar-refractivity contribution in [2.45, 2.75) is 12.8 Å². The summed E-state index contributed by atoms with van der Waals surface area (Å²) in [6.07, 6.45) is 3.92. The molecule has 2 aromatic rings. The van der Waals surface area contributed by atoms with Gasteiger partial charge in [0, 0.05) is 35.8 Å². The van der Waals surface area contributed by atoms with Gasteiger partial charge in [-0.2, -0.15) is 0 Å². The third-order valence-corrected chi connectivity index (χ3v) is 3.70. The Kier molecular flexibility index (Phi) is 3.41. The lowest BCUT2D eigenvalue weighted by Crippen LogP contribution is -2.38. The zero-order chi connectivity index (χ0) is 13.9. The monoisotopic (exact) mass is 271 g/mol. The summed E-state index contributed by atoms with van der Waals surface area (Å²) >= 11 is 0. The fourth-order valence-corrected chi connectivity index (χ4v) is 2.61. The Balaban J connectivity index is 1.67. The molecular weight excluding hydrogens is 254 g/mol. The normalized spacial score (nSPS) is 14.7. The Morgan fingerprint density at radius 1 is 1.20 bits per heavy atom. The first kappa shape index (κ1) is 12.7. The van der Waals surface area contributed by atoms with Gasteiger partial charge in [-0.1, -0.05) is 6.07 Å². The Labute approximate surface area is 117 Å². The average Bonchev–Trinajstić information content (AvgIpc) is 3.13. The summed E-state index contributed by atoms with van der Waals surface area (Å²) in [7, 11) is 0. The van der Waals surface area contributed by atoms with E-state index in [4.69, 9.17) is 0 Å². The van der Waals surface area contributed by atoms with Crippen LogP contribution in [0.5, 0.6) is 0 Å². The van der Waals surface area contributed by atoms with Crippen molar-refractivity contribution in [3.05, 3.63) is 36.0 Å². The van der Waals surface area contributed by atoms with Crippen molar-refractivity contribution in [2.75, 3.05) is 19.6 Å². The first-order valence-electron chi connectivity index (χ1n) is 6.88. The minimum absolute atomic E-state index is 0.00269. The van der Waals surface area contributed by atoms with Gasteiger partial charge >= 0.3 is 0 Å². The molecule has 0 aliphatic carbocycles. The Bertz CT molecular complexity index is 641. The number of nitrogens with zero attached hydrogens (tertiary/aromatic N) is 1. The van der Waals surface area contributed by atoms with Gasteiger partial charge in [0.1, 0.15) is 0 Å². The topological polar surface area (TPSA) is 65.2 Å².